The van der Waals surface area contributed by atoms with E-state index in [9.17, 15) is 9.59 Å². The number of rotatable bonds is 3. The van der Waals surface area contributed by atoms with E-state index in [1.807, 2.05) is 4.90 Å². The van der Waals surface area contributed by atoms with E-state index >= 15 is 0 Å². The van der Waals surface area contributed by atoms with Gasteiger partial charge >= 0.3 is 0 Å². The van der Waals surface area contributed by atoms with Crippen LogP contribution in [0, 0.1) is 0 Å². The number of carbonyl (C=O) groups is 2. The van der Waals surface area contributed by atoms with Gasteiger partial charge in [-0.3, -0.25) is 14.5 Å². The summed E-state index contributed by atoms with van der Waals surface area (Å²) in [6.07, 6.45) is 2.97. The Labute approximate surface area is 129 Å². The van der Waals surface area contributed by atoms with Gasteiger partial charge in [-0.15, -0.1) is 0 Å². The summed E-state index contributed by atoms with van der Waals surface area (Å²) in [4.78, 5) is 30.2. The molecule has 0 unspecified atom stereocenters. The largest absolute Gasteiger partial charge is 0.472 e. The van der Waals surface area contributed by atoms with E-state index in [0.29, 0.717) is 51.5 Å². The second kappa shape index (κ2) is 6.93. The average molecular weight is 307 g/mol. The first-order chi connectivity index (χ1) is 10.7. The molecule has 0 bridgehead atoms. The number of piperazine rings is 1. The summed E-state index contributed by atoms with van der Waals surface area (Å²) in [7, 11) is 0. The number of amides is 2. The number of furan rings is 1. The molecule has 0 N–H and O–H groups in total. The van der Waals surface area contributed by atoms with Crippen LogP contribution in [-0.2, 0) is 9.53 Å². The van der Waals surface area contributed by atoms with Crippen molar-refractivity contribution < 1.29 is 18.7 Å². The standard InChI is InChI=1S/C15H21N3O4/c19-14(17-6-9-21-10-7-17)11-16-2-4-18(5-3-16)15(20)13-1-8-22-12-13/h1,8,12H,2-7,9-11H2. The summed E-state index contributed by atoms with van der Waals surface area (Å²) in [5.74, 6) is 0.144. The van der Waals surface area contributed by atoms with Crippen LogP contribution in [0.5, 0.6) is 0 Å². The normalized spacial score (nSPS) is 20.2. The SMILES string of the molecule is O=C(CN1CCN(C(=O)c2ccoc2)CC1)N1CCOCC1. The minimum absolute atomic E-state index is 0.00657. The number of morpholine rings is 1. The van der Waals surface area contributed by atoms with Gasteiger partial charge in [0.1, 0.15) is 6.26 Å². The van der Waals surface area contributed by atoms with E-state index < -0.39 is 0 Å². The van der Waals surface area contributed by atoms with Crippen molar-refractivity contribution in [1.82, 2.24) is 14.7 Å². The second-order valence-corrected chi connectivity index (χ2v) is 5.57. The molecule has 3 heterocycles. The van der Waals surface area contributed by atoms with Gasteiger partial charge in [-0.2, -0.15) is 0 Å². The molecule has 120 valence electrons. The molecule has 0 aromatic carbocycles. The van der Waals surface area contributed by atoms with Crippen molar-refractivity contribution in [3.63, 3.8) is 0 Å². The summed E-state index contributed by atoms with van der Waals surface area (Å²) in [5, 5.41) is 0. The molecular formula is C15H21N3O4. The van der Waals surface area contributed by atoms with Gasteiger partial charge in [-0.05, 0) is 6.07 Å². The fourth-order valence-electron chi connectivity index (χ4n) is 2.78. The van der Waals surface area contributed by atoms with Crippen molar-refractivity contribution in [1.29, 1.82) is 0 Å². The molecule has 1 aromatic rings. The van der Waals surface area contributed by atoms with Gasteiger partial charge in [0.05, 0.1) is 31.6 Å². The molecule has 2 amide bonds. The van der Waals surface area contributed by atoms with E-state index in [1.54, 1.807) is 11.0 Å². The van der Waals surface area contributed by atoms with Crippen molar-refractivity contribution in [2.24, 2.45) is 0 Å². The summed E-state index contributed by atoms with van der Waals surface area (Å²) in [6.45, 7) is 5.75. The van der Waals surface area contributed by atoms with E-state index in [-0.39, 0.29) is 11.8 Å². The van der Waals surface area contributed by atoms with Crippen molar-refractivity contribution in [2.75, 3.05) is 59.0 Å². The van der Waals surface area contributed by atoms with E-state index in [0.717, 1.165) is 13.1 Å². The van der Waals surface area contributed by atoms with Crippen LogP contribution < -0.4 is 0 Å². The Balaban J connectivity index is 1.45. The third-order valence-electron chi connectivity index (χ3n) is 4.15. The molecule has 0 atom stereocenters. The Kier molecular flexibility index (Phi) is 4.74. The van der Waals surface area contributed by atoms with Crippen molar-refractivity contribution in [3.8, 4) is 0 Å². The monoisotopic (exact) mass is 307 g/mol. The molecule has 0 radical (unpaired) electrons. The van der Waals surface area contributed by atoms with Gasteiger partial charge in [0.25, 0.3) is 5.91 Å². The lowest BCUT2D eigenvalue weighted by Gasteiger charge is -2.35. The maximum absolute atomic E-state index is 12.2. The molecule has 2 saturated heterocycles. The number of nitrogens with zero attached hydrogens (tertiary/aromatic N) is 3. The Hall–Kier alpha value is -1.86. The zero-order chi connectivity index (χ0) is 15.4. The van der Waals surface area contributed by atoms with Gasteiger partial charge in [-0.25, -0.2) is 0 Å². The highest BCUT2D eigenvalue weighted by Gasteiger charge is 2.25. The maximum Gasteiger partial charge on any atom is 0.257 e. The van der Waals surface area contributed by atoms with E-state index in [4.69, 9.17) is 9.15 Å². The van der Waals surface area contributed by atoms with Gasteiger partial charge < -0.3 is 19.0 Å². The Bertz CT molecular complexity index is 503. The summed E-state index contributed by atoms with van der Waals surface area (Å²) in [5.41, 5.74) is 0.581. The lowest BCUT2D eigenvalue weighted by Crippen LogP contribution is -2.52. The van der Waals surface area contributed by atoms with Crippen LogP contribution in [0.3, 0.4) is 0 Å². The van der Waals surface area contributed by atoms with Crippen LogP contribution in [0.2, 0.25) is 0 Å². The van der Waals surface area contributed by atoms with Crippen LogP contribution in [0.4, 0.5) is 0 Å². The van der Waals surface area contributed by atoms with E-state index in [2.05, 4.69) is 4.90 Å². The molecule has 7 heteroatoms. The lowest BCUT2D eigenvalue weighted by atomic mass is 10.2. The summed E-state index contributed by atoms with van der Waals surface area (Å²) in [6, 6.07) is 1.68. The number of hydrogen-bond acceptors (Lipinski definition) is 5. The Morgan fingerprint density at radius 3 is 2.36 bits per heavy atom. The molecule has 2 aliphatic rings. The number of ether oxygens (including phenoxy) is 1. The zero-order valence-corrected chi connectivity index (χ0v) is 12.6. The van der Waals surface area contributed by atoms with Crippen molar-refractivity contribution in [3.05, 3.63) is 24.2 Å². The molecular weight excluding hydrogens is 286 g/mol. The molecule has 2 fully saturated rings. The Morgan fingerprint density at radius 2 is 1.73 bits per heavy atom. The summed E-state index contributed by atoms with van der Waals surface area (Å²) < 4.78 is 10.2. The number of hydrogen-bond donors (Lipinski definition) is 0. The molecule has 0 spiro atoms. The third kappa shape index (κ3) is 3.48. The van der Waals surface area contributed by atoms with Crippen molar-refractivity contribution >= 4 is 11.8 Å². The molecule has 3 rings (SSSR count). The lowest BCUT2D eigenvalue weighted by molar-refractivity contribution is -0.136. The molecule has 22 heavy (non-hydrogen) atoms. The Morgan fingerprint density at radius 1 is 1.00 bits per heavy atom. The predicted molar refractivity (Wildman–Crippen MR) is 78.5 cm³/mol. The minimum atomic E-state index is -0.00657. The van der Waals surface area contributed by atoms with Crippen LogP contribution in [0.25, 0.3) is 0 Å². The van der Waals surface area contributed by atoms with Gasteiger partial charge in [0, 0.05) is 39.3 Å². The third-order valence-corrected chi connectivity index (χ3v) is 4.15. The van der Waals surface area contributed by atoms with Crippen molar-refractivity contribution in [2.45, 2.75) is 0 Å². The highest BCUT2D eigenvalue weighted by molar-refractivity contribution is 5.93. The van der Waals surface area contributed by atoms with Gasteiger partial charge in [-0.1, -0.05) is 0 Å². The second-order valence-electron chi connectivity index (χ2n) is 5.57. The zero-order valence-electron chi connectivity index (χ0n) is 12.6. The molecule has 0 aliphatic carbocycles. The number of carbonyl (C=O) groups excluding carboxylic acids is 2. The fraction of sp³-hybridized carbons (Fsp3) is 0.600. The minimum Gasteiger partial charge on any atom is -0.472 e. The molecule has 2 aliphatic heterocycles. The van der Waals surface area contributed by atoms with E-state index in [1.165, 1.54) is 12.5 Å². The first-order valence-corrected chi connectivity index (χ1v) is 7.63. The highest BCUT2D eigenvalue weighted by Crippen LogP contribution is 2.10. The average Bonchev–Trinajstić information content (AvgIpc) is 3.10. The predicted octanol–water partition coefficient (Wildman–Crippen LogP) is -0.104. The van der Waals surface area contributed by atoms with Crippen LogP contribution in [0.15, 0.2) is 23.0 Å². The maximum atomic E-state index is 12.2. The highest BCUT2D eigenvalue weighted by atomic mass is 16.5. The van der Waals surface area contributed by atoms with Gasteiger partial charge in [0.2, 0.25) is 5.91 Å². The molecule has 1 aromatic heterocycles. The van der Waals surface area contributed by atoms with Crippen LogP contribution in [0.1, 0.15) is 10.4 Å². The smallest absolute Gasteiger partial charge is 0.257 e. The van der Waals surface area contributed by atoms with Crippen LogP contribution in [-0.4, -0.2) is 85.5 Å². The fourth-order valence-corrected chi connectivity index (χ4v) is 2.78. The summed E-state index contributed by atoms with van der Waals surface area (Å²) >= 11 is 0. The van der Waals surface area contributed by atoms with Gasteiger partial charge in [0.15, 0.2) is 0 Å². The quantitative estimate of drug-likeness (QED) is 0.780. The first-order valence-electron chi connectivity index (χ1n) is 7.63. The first kappa shape index (κ1) is 15.1. The van der Waals surface area contributed by atoms with Crippen LogP contribution >= 0.6 is 0 Å². The topological polar surface area (TPSA) is 66.2 Å². The molecule has 7 nitrogen and oxygen atoms in total. The molecule has 0 saturated carbocycles.